The number of fused-ring (bicyclic) bond motifs is 2. The molecule has 0 bridgehead atoms. The minimum Gasteiger partial charge on any atom is -0.334 e. The number of hydrogen-bond acceptors (Lipinski definition) is 5. The first-order chi connectivity index (χ1) is 16.2. The van der Waals surface area contributed by atoms with Gasteiger partial charge in [0.15, 0.2) is 0 Å². The highest BCUT2D eigenvalue weighted by Gasteiger charge is 2.25. The fourth-order valence-electron chi connectivity index (χ4n) is 4.99. The number of aromatic nitrogens is 1. The van der Waals surface area contributed by atoms with Crippen LogP contribution in [0.2, 0.25) is 0 Å². The monoisotopic (exact) mass is 482 g/mol. The standard InChI is InChI=1S/C25H30N4O2S2/c1-2-28-13-9-18-20(24(33-22(18)16-28)29-11-5-6-12-29)15-26-25(31)27-23-19(10-14-30)17-7-3-4-8-21(17)32-23/h5-6,11-12,14H,2-4,7-10,13,15-16H2,1H3,(H2,26,27,31). The van der Waals surface area contributed by atoms with Crippen LogP contribution >= 0.6 is 22.7 Å². The number of aryl methyl sites for hydroxylation is 1. The number of nitrogens with zero attached hydrogens (tertiary/aromatic N) is 2. The Kier molecular flexibility index (Phi) is 6.66. The van der Waals surface area contributed by atoms with Gasteiger partial charge in [0, 0.05) is 53.8 Å². The van der Waals surface area contributed by atoms with Crippen LogP contribution < -0.4 is 10.6 Å². The Labute approximate surface area is 202 Å². The summed E-state index contributed by atoms with van der Waals surface area (Å²) in [5, 5.41) is 8.20. The van der Waals surface area contributed by atoms with Crippen LogP contribution in [0, 0.1) is 0 Å². The molecule has 0 atom stereocenters. The van der Waals surface area contributed by atoms with Gasteiger partial charge in [-0.05, 0) is 67.5 Å². The van der Waals surface area contributed by atoms with E-state index >= 15 is 0 Å². The molecule has 0 unspecified atom stereocenters. The van der Waals surface area contributed by atoms with Gasteiger partial charge >= 0.3 is 6.03 Å². The van der Waals surface area contributed by atoms with Gasteiger partial charge in [-0.25, -0.2) is 4.79 Å². The number of nitrogens with one attached hydrogen (secondary N) is 2. The second kappa shape index (κ2) is 9.83. The lowest BCUT2D eigenvalue weighted by molar-refractivity contribution is -0.107. The van der Waals surface area contributed by atoms with E-state index in [2.05, 4.69) is 39.4 Å². The average molecular weight is 483 g/mol. The maximum Gasteiger partial charge on any atom is 0.320 e. The molecule has 0 aromatic carbocycles. The molecule has 2 amide bonds. The van der Waals surface area contributed by atoms with Crippen molar-refractivity contribution < 1.29 is 9.59 Å². The summed E-state index contributed by atoms with van der Waals surface area (Å²) in [4.78, 5) is 29.4. The molecule has 0 fully saturated rings. The van der Waals surface area contributed by atoms with Crippen LogP contribution in [0.3, 0.4) is 0 Å². The van der Waals surface area contributed by atoms with Gasteiger partial charge in [0.1, 0.15) is 16.3 Å². The number of carbonyl (C=O) groups excluding carboxylic acids is 2. The van der Waals surface area contributed by atoms with Crippen LogP contribution in [0.5, 0.6) is 0 Å². The van der Waals surface area contributed by atoms with E-state index in [1.54, 1.807) is 11.3 Å². The van der Waals surface area contributed by atoms with Crippen molar-refractivity contribution in [2.24, 2.45) is 0 Å². The predicted octanol–water partition coefficient (Wildman–Crippen LogP) is 4.92. The van der Waals surface area contributed by atoms with Crippen molar-refractivity contribution in [2.45, 2.75) is 58.5 Å². The number of amides is 2. The summed E-state index contributed by atoms with van der Waals surface area (Å²) < 4.78 is 2.16. The molecule has 0 saturated carbocycles. The lowest BCUT2D eigenvalue weighted by Gasteiger charge is -2.25. The molecule has 0 radical (unpaired) electrons. The molecule has 0 spiro atoms. The van der Waals surface area contributed by atoms with E-state index < -0.39 is 0 Å². The molecule has 1 aliphatic heterocycles. The van der Waals surface area contributed by atoms with Crippen LogP contribution in [0.4, 0.5) is 9.80 Å². The fraction of sp³-hybridized carbons (Fsp3) is 0.440. The van der Waals surface area contributed by atoms with Gasteiger partial charge in [-0.3, -0.25) is 10.2 Å². The lowest BCUT2D eigenvalue weighted by atomic mass is 9.94. The Balaban J connectivity index is 1.35. The third-order valence-electron chi connectivity index (χ3n) is 6.73. The number of aldehydes is 1. The predicted molar refractivity (Wildman–Crippen MR) is 135 cm³/mol. The number of carbonyl (C=O) groups is 2. The van der Waals surface area contributed by atoms with Crippen molar-refractivity contribution in [2.75, 3.05) is 18.4 Å². The highest BCUT2D eigenvalue weighted by atomic mass is 32.1. The molecule has 1 aliphatic carbocycles. The second-order valence-corrected chi connectivity index (χ2v) is 10.9. The van der Waals surface area contributed by atoms with Crippen molar-refractivity contribution in [3.8, 4) is 5.00 Å². The first-order valence-electron chi connectivity index (χ1n) is 11.8. The summed E-state index contributed by atoms with van der Waals surface area (Å²) >= 11 is 3.48. The highest BCUT2D eigenvalue weighted by Crippen LogP contribution is 2.39. The minimum atomic E-state index is -0.204. The molecule has 3 aromatic heterocycles. The van der Waals surface area contributed by atoms with E-state index in [4.69, 9.17) is 0 Å². The number of urea groups is 1. The van der Waals surface area contributed by atoms with Gasteiger partial charge in [-0.1, -0.05) is 6.92 Å². The van der Waals surface area contributed by atoms with Crippen molar-refractivity contribution >= 4 is 40.0 Å². The fourth-order valence-corrected chi connectivity index (χ4v) is 7.67. The Morgan fingerprint density at radius 2 is 1.85 bits per heavy atom. The van der Waals surface area contributed by atoms with E-state index in [1.807, 2.05) is 23.5 Å². The number of likely N-dealkylation sites (N-methyl/N-ethyl adjacent to an activating group) is 1. The second-order valence-electron chi connectivity index (χ2n) is 8.69. The number of thiophene rings is 2. The molecule has 8 heteroatoms. The van der Waals surface area contributed by atoms with E-state index in [0.29, 0.717) is 13.0 Å². The minimum absolute atomic E-state index is 0.204. The quantitative estimate of drug-likeness (QED) is 0.470. The number of rotatable bonds is 7. The Morgan fingerprint density at radius 3 is 2.64 bits per heavy atom. The molecule has 6 nitrogen and oxygen atoms in total. The van der Waals surface area contributed by atoms with Crippen LogP contribution in [-0.4, -0.2) is 34.9 Å². The summed E-state index contributed by atoms with van der Waals surface area (Å²) in [6.45, 7) is 5.79. The Bertz CT molecular complexity index is 1150. The molecule has 33 heavy (non-hydrogen) atoms. The van der Waals surface area contributed by atoms with E-state index in [0.717, 1.165) is 62.2 Å². The van der Waals surface area contributed by atoms with Gasteiger partial charge in [0.25, 0.3) is 0 Å². The lowest BCUT2D eigenvalue weighted by Crippen LogP contribution is -2.31. The maximum atomic E-state index is 12.9. The SMILES string of the molecule is CCN1CCc2c(sc(-n3cccc3)c2CNC(=O)Nc2sc3c(c2CC=O)CCCC3)C1. The van der Waals surface area contributed by atoms with E-state index in [1.165, 1.54) is 37.9 Å². The molecule has 174 valence electrons. The first kappa shape index (κ1) is 22.4. The summed E-state index contributed by atoms with van der Waals surface area (Å²) in [7, 11) is 0. The zero-order valence-electron chi connectivity index (χ0n) is 19.0. The third kappa shape index (κ3) is 4.52. The largest absolute Gasteiger partial charge is 0.334 e. The Morgan fingerprint density at radius 1 is 1.06 bits per heavy atom. The summed E-state index contributed by atoms with van der Waals surface area (Å²) in [5.41, 5.74) is 4.91. The van der Waals surface area contributed by atoms with Crippen molar-refractivity contribution in [1.29, 1.82) is 0 Å². The number of hydrogen-bond donors (Lipinski definition) is 2. The molecule has 2 N–H and O–H groups in total. The zero-order chi connectivity index (χ0) is 22.8. The van der Waals surface area contributed by atoms with Gasteiger partial charge in [-0.2, -0.15) is 0 Å². The molecule has 2 aliphatic rings. The highest BCUT2D eigenvalue weighted by molar-refractivity contribution is 7.16. The summed E-state index contributed by atoms with van der Waals surface area (Å²) in [5.74, 6) is 0. The molecular weight excluding hydrogens is 452 g/mol. The normalized spacial score (nSPS) is 15.7. The third-order valence-corrected chi connectivity index (χ3v) is 9.25. The van der Waals surface area contributed by atoms with Crippen LogP contribution in [0.15, 0.2) is 24.5 Å². The summed E-state index contributed by atoms with van der Waals surface area (Å²) in [6.07, 6.45) is 10.9. The van der Waals surface area contributed by atoms with Crippen molar-refractivity contribution in [3.63, 3.8) is 0 Å². The Hall–Kier alpha value is -2.42. The van der Waals surface area contributed by atoms with Gasteiger partial charge < -0.3 is 14.7 Å². The van der Waals surface area contributed by atoms with Gasteiger partial charge in [0.05, 0.1) is 0 Å². The first-order valence-corrected chi connectivity index (χ1v) is 13.4. The van der Waals surface area contributed by atoms with Crippen molar-refractivity contribution in [3.05, 3.63) is 56.5 Å². The van der Waals surface area contributed by atoms with Gasteiger partial charge in [0.2, 0.25) is 0 Å². The zero-order valence-corrected chi connectivity index (χ0v) is 20.6. The average Bonchev–Trinajstić information content (AvgIpc) is 3.55. The summed E-state index contributed by atoms with van der Waals surface area (Å²) in [6, 6.07) is 3.87. The van der Waals surface area contributed by atoms with E-state index in [-0.39, 0.29) is 6.03 Å². The van der Waals surface area contributed by atoms with Crippen LogP contribution in [-0.2, 0) is 43.6 Å². The van der Waals surface area contributed by atoms with Crippen molar-refractivity contribution in [1.82, 2.24) is 14.8 Å². The number of anilines is 1. The molecule has 5 rings (SSSR count). The molecule has 0 saturated heterocycles. The smallest absolute Gasteiger partial charge is 0.320 e. The van der Waals surface area contributed by atoms with Crippen LogP contribution in [0.25, 0.3) is 5.00 Å². The maximum absolute atomic E-state index is 12.9. The van der Waals surface area contributed by atoms with Crippen LogP contribution in [0.1, 0.15) is 51.8 Å². The topological polar surface area (TPSA) is 66.4 Å². The van der Waals surface area contributed by atoms with E-state index in [9.17, 15) is 9.59 Å². The molecule has 4 heterocycles. The van der Waals surface area contributed by atoms with Gasteiger partial charge in [-0.15, -0.1) is 22.7 Å². The molecule has 3 aromatic rings. The molecular formula is C25H30N4O2S2.